The highest BCUT2D eigenvalue weighted by atomic mass is 19.2. The van der Waals surface area contributed by atoms with Gasteiger partial charge in [-0.25, -0.2) is 8.78 Å². The van der Waals surface area contributed by atoms with Crippen LogP contribution < -0.4 is 5.73 Å². The van der Waals surface area contributed by atoms with E-state index in [1.165, 1.54) is 0 Å². The molecule has 0 bridgehead atoms. The summed E-state index contributed by atoms with van der Waals surface area (Å²) in [5.74, 6) is -1.52. The van der Waals surface area contributed by atoms with Gasteiger partial charge in [-0.05, 0) is 37.2 Å². The second-order valence-corrected chi connectivity index (χ2v) is 5.50. The molecule has 1 aromatic carbocycles. The zero-order valence-corrected chi connectivity index (χ0v) is 11.1. The molecular weight excluding hydrogens is 232 g/mol. The highest BCUT2D eigenvalue weighted by molar-refractivity contribution is 5.29. The third kappa shape index (κ3) is 2.05. The van der Waals surface area contributed by atoms with Gasteiger partial charge < -0.3 is 5.73 Å². The molecule has 18 heavy (non-hydrogen) atoms. The molecule has 2 rings (SSSR count). The standard InChI is InChI=1S/C15H21F2N/c1-3-15(8-4-5-9-15)14(18)11-7-6-10(2)12(16)13(11)17/h6-7,14H,3-5,8-9,18H2,1-2H3. The van der Waals surface area contributed by atoms with E-state index in [0.717, 1.165) is 32.1 Å². The lowest BCUT2D eigenvalue weighted by molar-refractivity contribution is 0.217. The number of benzene rings is 1. The van der Waals surface area contributed by atoms with Crippen LogP contribution in [-0.4, -0.2) is 0 Å². The summed E-state index contributed by atoms with van der Waals surface area (Å²) in [6.45, 7) is 3.66. The van der Waals surface area contributed by atoms with E-state index in [-0.39, 0.29) is 5.41 Å². The number of rotatable bonds is 3. The highest BCUT2D eigenvalue weighted by Gasteiger charge is 2.39. The Morgan fingerprint density at radius 1 is 1.22 bits per heavy atom. The van der Waals surface area contributed by atoms with Gasteiger partial charge in [-0.1, -0.05) is 31.9 Å². The molecule has 0 spiro atoms. The van der Waals surface area contributed by atoms with E-state index in [2.05, 4.69) is 6.92 Å². The van der Waals surface area contributed by atoms with Crippen molar-refractivity contribution in [3.63, 3.8) is 0 Å². The minimum atomic E-state index is -0.762. The maximum Gasteiger partial charge on any atom is 0.163 e. The van der Waals surface area contributed by atoms with E-state index in [9.17, 15) is 8.78 Å². The van der Waals surface area contributed by atoms with Crippen LogP contribution in [0, 0.1) is 24.0 Å². The fourth-order valence-electron chi connectivity index (χ4n) is 3.19. The Balaban J connectivity index is 2.39. The van der Waals surface area contributed by atoms with Crippen LogP contribution in [0.15, 0.2) is 12.1 Å². The molecule has 1 saturated carbocycles. The van der Waals surface area contributed by atoms with Crippen LogP contribution >= 0.6 is 0 Å². The van der Waals surface area contributed by atoms with Crippen molar-refractivity contribution in [2.45, 2.75) is 52.0 Å². The first-order valence-electron chi connectivity index (χ1n) is 6.72. The number of hydrogen-bond donors (Lipinski definition) is 1. The first-order valence-corrected chi connectivity index (χ1v) is 6.72. The summed E-state index contributed by atoms with van der Waals surface area (Å²) >= 11 is 0. The summed E-state index contributed by atoms with van der Waals surface area (Å²) in [6.07, 6.45) is 5.22. The predicted molar refractivity (Wildman–Crippen MR) is 69.2 cm³/mol. The molecule has 2 N–H and O–H groups in total. The zero-order chi connectivity index (χ0) is 13.3. The van der Waals surface area contributed by atoms with E-state index in [0.29, 0.717) is 11.1 Å². The molecule has 0 heterocycles. The molecule has 0 aliphatic heterocycles. The molecule has 1 unspecified atom stereocenters. The highest BCUT2D eigenvalue weighted by Crippen LogP contribution is 2.49. The fourth-order valence-corrected chi connectivity index (χ4v) is 3.19. The Labute approximate surface area is 107 Å². The minimum Gasteiger partial charge on any atom is -0.323 e. The Morgan fingerprint density at radius 3 is 2.39 bits per heavy atom. The lowest BCUT2D eigenvalue weighted by atomic mass is 9.73. The largest absolute Gasteiger partial charge is 0.323 e. The van der Waals surface area contributed by atoms with E-state index in [1.54, 1.807) is 19.1 Å². The van der Waals surface area contributed by atoms with Gasteiger partial charge >= 0.3 is 0 Å². The molecule has 0 saturated heterocycles. The van der Waals surface area contributed by atoms with Crippen molar-refractivity contribution in [1.82, 2.24) is 0 Å². The monoisotopic (exact) mass is 253 g/mol. The number of nitrogens with two attached hydrogens (primary N) is 1. The number of aryl methyl sites for hydroxylation is 1. The molecule has 1 aliphatic rings. The molecule has 1 fully saturated rings. The molecule has 1 aliphatic carbocycles. The van der Waals surface area contributed by atoms with Crippen molar-refractivity contribution < 1.29 is 8.78 Å². The van der Waals surface area contributed by atoms with Crippen LogP contribution in [0.25, 0.3) is 0 Å². The third-order valence-corrected chi connectivity index (χ3v) is 4.60. The Hall–Kier alpha value is -0.960. The fraction of sp³-hybridized carbons (Fsp3) is 0.600. The van der Waals surface area contributed by atoms with Crippen molar-refractivity contribution in [3.8, 4) is 0 Å². The van der Waals surface area contributed by atoms with Crippen LogP contribution in [0.1, 0.15) is 56.2 Å². The van der Waals surface area contributed by atoms with Gasteiger partial charge in [0, 0.05) is 11.6 Å². The van der Waals surface area contributed by atoms with Crippen molar-refractivity contribution in [2.75, 3.05) is 0 Å². The molecule has 0 amide bonds. The number of halogens is 2. The summed E-state index contributed by atoms with van der Waals surface area (Å²) in [7, 11) is 0. The normalized spacial score (nSPS) is 20.1. The van der Waals surface area contributed by atoms with Crippen LogP contribution in [0.2, 0.25) is 0 Å². The van der Waals surface area contributed by atoms with Gasteiger partial charge in [0.2, 0.25) is 0 Å². The Bertz CT molecular complexity index is 436. The van der Waals surface area contributed by atoms with Gasteiger partial charge in [-0.3, -0.25) is 0 Å². The SMILES string of the molecule is CCC1(C(N)c2ccc(C)c(F)c2F)CCCC1. The van der Waals surface area contributed by atoms with Crippen molar-refractivity contribution in [1.29, 1.82) is 0 Å². The van der Waals surface area contributed by atoms with Crippen molar-refractivity contribution in [3.05, 3.63) is 34.9 Å². The lowest BCUT2D eigenvalue weighted by Crippen LogP contribution is -2.32. The van der Waals surface area contributed by atoms with Crippen molar-refractivity contribution >= 4 is 0 Å². The molecule has 100 valence electrons. The van der Waals surface area contributed by atoms with Crippen molar-refractivity contribution in [2.24, 2.45) is 11.1 Å². The van der Waals surface area contributed by atoms with Gasteiger partial charge in [0.15, 0.2) is 11.6 Å². The van der Waals surface area contributed by atoms with Crippen LogP contribution in [-0.2, 0) is 0 Å². The van der Waals surface area contributed by atoms with Crippen LogP contribution in [0.4, 0.5) is 8.78 Å². The first kappa shape index (κ1) is 13.5. The van der Waals surface area contributed by atoms with Gasteiger partial charge in [0.05, 0.1) is 0 Å². The van der Waals surface area contributed by atoms with E-state index in [4.69, 9.17) is 5.73 Å². The Kier molecular flexibility index (Phi) is 3.71. The van der Waals surface area contributed by atoms with E-state index >= 15 is 0 Å². The second-order valence-electron chi connectivity index (χ2n) is 5.50. The van der Waals surface area contributed by atoms with Gasteiger partial charge in [-0.2, -0.15) is 0 Å². The van der Waals surface area contributed by atoms with E-state index in [1.807, 2.05) is 0 Å². The average Bonchev–Trinajstić information content (AvgIpc) is 2.85. The quantitative estimate of drug-likeness (QED) is 0.856. The molecule has 1 atom stereocenters. The van der Waals surface area contributed by atoms with Gasteiger partial charge in [0.1, 0.15) is 0 Å². The van der Waals surface area contributed by atoms with Gasteiger partial charge in [0.25, 0.3) is 0 Å². The number of hydrogen-bond acceptors (Lipinski definition) is 1. The summed E-state index contributed by atoms with van der Waals surface area (Å²) in [4.78, 5) is 0. The summed E-state index contributed by atoms with van der Waals surface area (Å²) in [5, 5.41) is 0. The first-order chi connectivity index (χ1) is 8.52. The predicted octanol–water partition coefficient (Wildman–Crippen LogP) is 4.24. The summed E-state index contributed by atoms with van der Waals surface area (Å²) in [5.41, 5.74) is 6.87. The maximum atomic E-state index is 14.0. The van der Waals surface area contributed by atoms with Gasteiger partial charge in [-0.15, -0.1) is 0 Å². The molecule has 3 heteroatoms. The lowest BCUT2D eigenvalue weighted by Gasteiger charge is -2.35. The maximum absolute atomic E-state index is 14.0. The smallest absolute Gasteiger partial charge is 0.163 e. The van der Waals surface area contributed by atoms with Crippen LogP contribution in [0.3, 0.4) is 0 Å². The Morgan fingerprint density at radius 2 is 1.83 bits per heavy atom. The summed E-state index contributed by atoms with van der Waals surface area (Å²) < 4.78 is 27.7. The summed E-state index contributed by atoms with van der Waals surface area (Å²) in [6, 6.07) is 2.86. The molecule has 0 radical (unpaired) electrons. The average molecular weight is 253 g/mol. The molecule has 0 aromatic heterocycles. The molecular formula is C15H21F2N. The topological polar surface area (TPSA) is 26.0 Å². The molecule has 1 nitrogen and oxygen atoms in total. The minimum absolute atomic E-state index is 0.0530. The zero-order valence-electron chi connectivity index (χ0n) is 11.1. The molecule has 1 aromatic rings. The second kappa shape index (κ2) is 4.96. The van der Waals surface area contributed by atoms with E-state index < -0.39 is 17.7 Å². The third-order valence-electron chi connectivity index (χ3n) is 4.60. The van der Waals surface area contributed by atoms with Crippen LogP contribution in [0.5, 0.6) is 0 Å².